The molecule has 0 spiro atoms. The summed E-state index contributed by atoms with van der Waals surface area (Å²) in [6.07, 6.45) is 3.65. The van der Waals surface area contributed by atoms with Crippen LogP contribution in [0.5, 0.6) is 0 Å². The number of ether oxygens (including phenoxy) is 1. The van der Waals surface area contributed by atoms with Crippen molar-refractivity contribution in [1.82, 2.24) is 0 Å². The lowest BCUT2D eigenvalue weighted by molar-refractivity contribution is 0.0600. The Bertz CT molecular complexity index is 636. The van der Waals surface area contributed by atoms with Crippen molar-refractivity contribution >= 4 is 23.9 Å². The lowest BCUT2D eigenvalue weighted by atomic mass is 10.1. The molecule has 0 unspecified atom stereocenters. The fourth-order valence-electron chi connectivity index (χ4n) is 1.75. The summed E-state index contributed by atoms with van der Waals surface area (Å²) in [6.45, 7) is 0.422. The van der Waals surface area contributed by atoms with Gasteiger partial charge < -0.3 is 9.57 Å². The first-order valence-electron chi connectivity index (χ1n) is 6.69. The number of oxime groups is 1. The summed E-state index contributed by atoms with van der Waals surface area (Å²) in [5.41, 5.74) is 2.43. The maximum Gasteiger partial charge on any atom is 0.337 e. The Labute approximate surface area is 134 Å². The second-order valence-electron chi connectivity index (χ2n) is 4.47. The molecule has 0 radical (unpaired) electrons. The van der Waals surface area contributed by atoms with Gasteiger partial charge in [-0.3, -0.25) is 0 Å². The van der Waals surface area contributed by atoms with Crippen molar-refractivity contribution in [2.75, 3.05) is 13.4 Å². The van der Waals surface area contributed by atoms with Crippen molar-refractivity contribution in [3.05, 3.63) is 65.2 Å². The van der Waals surface area contributed by atoms with E-state index in [2.05, 4.69) is 22.0 Å². The lowest BCUT2D eigenvalue weighted by Gasteiger charge is -2.01. The minimum Gasteiger partial charge on any atom is -0.465 e. The average Bonchev–Trinajstić information content (AvgIpc) is 2.59. The van der Waals surface area contributed by atoms with Crippen LogP contribution in [-0.4, -0.2) is 25.5 Å². The van der Waals surface area contributed by atoms with E-state index in [0.717, 1.165) is 11.1 Å². The molecule has 2 rings (SSSR count). The molecule has 4 nitrogen and oxygen atoms in total. The normalized spacial score (nSPS) is 10.6. The first-order valence-corrected chi connectivity index (χ1v) is 7.92. The molecule has 5 heteroatoms. The Kier molecular flexibility index (Phi) is 6.03. The van der Waals surface area contributed by atoms with Crippen LogP contribution in [0, 0.1) is 0 Å². The number of hydrogen-bond acceptors (Lipinski definition) is 5. The zero-order valence-corrected chi connectivity index (χ0v) is 13.3. The minimum atomic E-state index is -0.353. The molecule has 2 aromatic rings. The number of carbonyl (C=O) groups excluding carboxylic acids is 1. The van der Waals surface area contributed by atoms with Gasteiger partial charge in [0.1, 0.15) is 6.61 Å². The van der Waals surface area contributed by atoms with Gasteiger partial charge in [-0.15, -0.1) is 11.8 Å². The van der Waals surface area contributed by atoms with Gasteiger partial charge in [0.15, 0.2) is 0 Å². The summed E-state index contributed by atoms with van der Waals surface area (Å²) in [5.74, 6) is -0.353. The molecule has 0 amide bonds. The van der Waals surface area contributed by atoms with Crippen molar-refractivity contribution < 1.29 is 14.4 Å². The zero-order valence-electron chi connectivity index (χ0n) is 12.5. The highest BCUT2D eigenvalue weighted by Gasteiger charge is 2.03. The molecule has 114 valence electrons. The molecular formula is C17H17NO3S. The highest BCUT2D eigenvalue weighted by molar-refractivity contribution is 7.98. The molecule has 0 bridgehead atoms. The van der Waals surface area contributed by atoms with E-state index in [0.29, 0.717) is 12.2 Å². The average molecular weight is 315 g/mol. The van der Waals surface area contributed by atoms with Gasteiger partial charge in [0, 0.05) is 4.90 Å². The van der Waals surface area contributed by atoms with Gasteiger partial charge in [0.2, 0.25) is 0 Å². The van der Waals surface area contributed by atoms with Crippen LogP contribution in [0.25, 0.3) is 0 Å². The molecule has 22 heavy (non-hydrogen) atoms. The van der Waals surface area contributed by atoms with E-state index in [1.807, 2.05) is 18.4 Å². The summed E-state index contributed by atoms with van der Waals surface area (Å²) in [6, 6.07) is 15.1. The Balaban J connectivity index is 1.85. The van der Waals surface area contributed by atoms with Crippen molar-refractivity contribution in [2.45, 2.75) is 11.5 Å². The molecule has 0 aliphatic heterocycles. The molecule has 0 saturated heterocycles. The van der Waals surface area contributed by atoms with Gasteiger partial charge in [0.25, 0.3) is 0 Å². The number of carbonyl (C=O) groups is 1. The van der Waals surface area contributed by atoms with Crippen LogP contribution in [0.15, 0.2) is 58.6 Å². The molecule has 0 N–H and O–H groups in total. The van der Waals surface area contributed by atoms with Gasteiger partial charge in [-0.2, -0.15) is 0 Å². The Morgan fingerprint density at radius 1 is 1.14 bits per heavy atom. The van der Waals surface area contributed by atoms with Gasteiger partial charge >= 0.3 is 5.97 Å². The lowest BCUT2D eigenvalue weighted by Crippen LogP contribution is -2.00. The van der Waals surface area contributed by atoms with E-state index >= 15 is 0 Å². The second-order valence-corrected chi connectivity index (χ2v) is 5.35. The third-order valence-corrected chi connectivity index (χ3v) is 3.74. The second kappa shape index (κ2) is 8.24. The predicted octanol–water partition coefficient (Wildman–Crippen LogP) is 3.75. The molecular weight excluding hydrogens is 298 g/mol. The van der Waals surface area contributed by atoms with E-state index in [1.54, 1.807) is 42.2 Å². The Morgan fingerprint density at radius 2 is 1.82 bits per heavy atom. The number of benzene rings is 2. The summed E-state index contributed by atoms with van der Waals surface area (Å²) in [4.78, 5) is 17.8. The Morgan fingerprint density at radius 3 is 2.41 bits per heavy atom. The molecule has 0 fully saturated rings. The fraction of sp³-hybridized carbons (Fsp3) is 0.176. The van der Waals surface area contributed by atoms with Gasteiger partial charge in [-0.25, -0.2) is 4.79 Å². The number of nitrogens with zero attached hydrogens (tertiary/aromatic N) is 1. The number of rotatable bonds is 6. The van der Waals surface area contributed by atoms with E-state index in [4.69, 9.17) is 4.84 Å². The molecule has 0 aliphatic carbocycles. The van der Waals surface area contributed by atoms with Crippen LogP contribution in [0.1, 0.15) is 21.5 Å². The number of methoxy groups -OCH3 is 1. The number of esters is 1. The summed E-state index contributed by atoms with van der Waals surface area (Å²) < 4.78 is 4.64. The highest BCUT2D eigenvalue weighted by Crippen LogP contribution is 2.15. The van der Waals surface area contributed by atoms with Crippen molar-refractivity contribution in [2.24, 2.45) is 5.16 Å². The predicted molar refractivity (Wildman–Crippen MR) is 88.4 cm³/mol. The minimum absolute atomic E-state index is 0.353. The molecule has 0 aromatic heterocycles. The Hall–Kier alpha value is -2.27. The monoisotopic (exact) mass is 315 g/mol. The van der Waals surface area contributed by atoms with Crippen LogP contribution in [0.4, 0.5) is 0 Å². The quantitative estimate of drug-likeness (QED) is 0.352. The smallest absolute Gasteiger partial charge is 0.337 e. The van der Waals surface area contributed by atoms with E-state index < -0.39 is 0 Å². The molecule has 0 saturated carbocycles. The third kappa shape index (κ3) is 4.63. The van der Waals surface area contributed by atoms with Gasteiger partial charge in [-0.05, 0) is 41.6 Å². The first-order chi connectivity index (χ1) is 10.7. The zero-order chi connectivity index (χ0) is 15.8. The standard InChI is InChI=1S/C17H17NO3S/c1-20-17(19)15-7-3-13(4-8-15)11-18-21-12-14-5-9-16(22-2)10-6-14/h3-11H,12H2,1-2H3/b18-11+. The van der Waals surface area contributed by atoms with Crippen molar-refractivity contribution in [3.63, 3.8) is 0 Å². The summed E-state index contributed by atoms with van der Waals surface area (Å²) >= 11 is 1.70. The van der Waals surface area contributed by atoms with Crippen LogP contribution in [-0.2, 0) is 16.2 Å². The maximum atomic E-state index is 11.3. The van der Waals surface area contributed by atoms with E-state index in [-0.39, 0.29) is 5.97 Å². The molecule has 0 heterocycles. The van der Waals surface area contributed by atoms with Crippen LogP contribution < -0.4 is 0 Å². The van der Waals surface area contributed by atoms with Crippen LogP contribution in [0.2, 0.25) is 0 Å². The first kappa shape index (κ1) is 16.1. The number of hydrogen-bond donors (Lipinski definition) is 0. The third-order valence-electron chi connectivity index (χ3n) is 3.00. The SMILES string of the molecule is COC(=O)c1ccc(/C=N/OCc2ccc(SC)cc2)cc1. The van der Waals surface area contributed by atoms with Gasteiger partial charge in [-0.1, -0.05) is 29.4 Å². The maximum absolute atomic E-state index is 11.3. The van der Waals surface area contributed by atoms with Crippen molar-refractivity contribution in [1.29, 1.82) is 0 Å². The largest absolute Gasteiger partial charge is 0.465 e. The van der Waals surface area contributed by atoms with Crippen molar-refractivity contribution in [3.8, 4) is 0 Å². The molecule has 0 atom stereocenters. The van der Waals surface area contributed by atoms with Gasteiger partial charge in [0.05, 0.1) is 18.9 Å². The fourth-order valence-corrected chi connectivity index (χ4v) is 2.16. The molecule has 2 aromatic carbocycles. The highest BCUT2D eigenvalue weighted by atomic mass is 32.2. The van der Waals surface area contributed by atoms with Crippen LogP contribution in [0.3, 0.4) is 0 Å². The number of thioether (sulfide) groups is 1. The topological polar surface area (TPSA) is 47.9 Å². The van der Waals surface area contributed by atoms with E-state index in [9.17, 15) is 4.79 Å². The van der Waals surface area contributed by atoms with Crippen LogP contribution >= 0.6 is 11.8 Å². The van der Waals surface area contributed by atoms with E-state index in [1.165, 1.54) is 12.0 Å². The summed E-state index contributed by atoms with van der Waals surface area (Å²) in [5, 5.41) is 3.93. The summed E-state index contributed by atoms with van der Waals surface area (Å²) in [7, 11) is 1.36. The molecule has 0 aliphatic rings.